The Morgan fingerprint density at radius 3 is 2.56 bits per heavy atom. The summed E-state index contributed by atoms with van der Waals surface area (Å²) in [5, 5.41) is 9.63. The number of rotatable bonds is 3. The molecule has 2 rings (SSSR count). The first-order valence-electron chi connectivity index (χ1n) is 5.54. The first-order chi connectivity index (χ1) is 8.39. The molecule has 1 aromatic rings. The lowest BCUT2D eigenvalue weighted by molar-refractivity contribution is 0.0723. The second-order valence-corrected chi connectivity index (χ2v) is 6.51. The Morgan fingerprint density at radius 2 is 2.00 bits per heavy atom. The van der Waals surface area contributed by atoms with E-state index in [2.05, 4.69) is 0 Å². The number of benzene rings is 1. The Labute approximate surface area is 105 Å². The van der Waals surface area contributed by atoms with Crippen molar-refractivity contribution in [3.63, 3.8) is 0 Å². The molecule has 1 heterocycles. The largest absolute Gasteiger partial charge is 0.486 e. The predicted octanol–water partition coefficient (Wildman–Crippen LogP) is 0.426. The highest BCUT2D eigenvalue weighted by molar-refractivity contribution is 7.91. The van der Waals surface area contributed by atoms with E-state index < -0.39 is 22.0 Å². The molecule has 0 aromatic heterocycles. The molecule has 2 unspecified atom stereocenters. The van der Waals surface area contributed by atoms with E-state index in [9.17, 15) is 18.3 Å². The normalized spacial score (nSPS) is 25.9. The van der Waals surface area contributed by atoms with E-state index >= 15 is 0 Å². The summed E-state index contributed by atoms with van der Waals surface area (Å²) >= 11 is 0. The molecular formula is C12H14O5S. The van der Waals surface area contributed by atoms with Crippen LogP contribution in [0.2, 0.25) is 0 Å². The van der Waals surface area contributed by atoms with Crippen molar-refractivity contribution in [2.75, 3.05) is 11.5 Å². The quantitative estimate of drug-likeness (QED) is 0.805. The number of aliphatic hydroxyl groups excluding tert-OH is 1. The van der Waals surface area contributed by atoms with Gasteiger partial charge >= 0.3 is 0 Å². The van der Waals surface area contributed by atoms with Crippen molar-refractivity contribution < 1.29 is 23.1 Å². The first-order valence-corrected chi connectivity index (χ1v) is 7.36. The molecule has 5 nitrogen and oxygen atoms in total. The maximum atomic E-state index is 11.4. The fourth-order valence-corrected chi connectivity index (χ4v) is 3.59. The minimum Gasteiger partial charge on any atom is -0.486 e. The van der Waals surface area contributed by atoms with Gasteiger partial charge in [0.2, 0.25) is 0 Å². The van der Waals surface area contributed by atoms with Gasteiger partial charge in [0.15, 0.2) is 15.6 Å². The summed E-state index contributed by atoms with van der Waals surface area (Å²) in [6.07, 6.45) is -1.86. The molecule has 6 heteroatoms. The molecule has 0 spiro atoms. The van der Waals surface area contributed by atoms with E-state index in [1.165, 1.54) is 6.92 Å². The van der Waals surface area contributed by atoms with Gasteiger partial charge in [0.1, 0.15) is 18.0 Å². The monoisotopic (exact) mass is 270 g/mol. The SMILES string of the molecule is CC(=O)c1ccccc1OC1CS(=O)(=O)CC1O. The number of aliphatic hydroxyl groups is 1. The van der Waals surface area contributed by atoms with E-state index in [0.29, 0.717) is 11.3 Å². The standard InChI is InChI=1S/C12H14O5S/c1-8(13)9-4-2-3-5-11(9)17-12-7-18(15,16)6-10(12)14/h2-5,10,12,14H,6-7H2,1H3. The highest BCUT2D eigenvalue weighted by atomic mass is 32.2. The summed E-state index contributed by atoms with van der Waals surface area (Å²) < 4.78 is 28.2. The number of hydrogen-bond donors (Lipinski definition) is 1. The van der Waals surface area contributed by atoms with Crippen molar-refractivity contribution in [1.29, 1.82) is 0 Å². The van der Waals surface area contributed by atoms with Crippen LogP contribution >= 0.6 is 0 Å². The molecule has 0 aliphatic carbocycles. The molecule has 18 heavy (non-hydrogen) atoms. The van der Waals surface area contributed by atoms with Gasteiger partial charge in [-0.25, -0.2) is 8.42 Å². The lowest BCUT2D eigenvalue weighted by Crippen LogP contribution is -2.30. The van der Waals surface area contributed by atoms with Crippen molar-refractivity contribution >= 4 is 15.6 Å². The minimum atomic E-state index is -3.26. The lowest BCUT2D eigenvalue weighted by Gasteiger charge is -2.17. The van der Waals surface area contributed by atoms with Crippen molar-refractivity contribution in [1.82, 2.24) is 0 Å². The molecule has 2 atom stereocenters. The van der Waals surface area contributed by atoms with Gasteiger partial charge in [-0.15, -0.1) is 0 Å². The molecule has 1 saturated heterocycles. The number of ketones is 1. The molecule has 98 valence electrons. The van der Waals surface area contributed by atoms with Crippen LogP contribution in [0.25, 0.3) is 0 Å². The Bertz CT molecular complexity index is 564. The smallest absolute Gasteiger partial charge is 0.163 e. The van der Waals surface area contributed by atoms with Crippen molar-refractivity contribution in [2.24, 2.45) is 0 Å². The second kappa shape index (κ2) is 4.70. The van der Waals surface area contributed by atoms with Gasteiger partial charge in [-0.2, -0.15) is 0 Å². The van der Waals surface area contributed by atoms with E-state index in [0.717, 1.165) is 0 Å². The third kappa shape index (κ3) is 2.70. The fourth-order valence-electron chi connectivity index (χ4n) is 1.93. The summed E-state index contributed by atoms with van der Waals surface area (Å²) in [6.45, 7) is 1.41. The molecule has 1 aromatic carbocycles. The first kappa shape index (κ1) is 13.0. The van der Waals surface area contributed by atoms with E-state index in [1.807, 2.05) is 0 Å². The zero-order valence-corrected chi connectivity index (χ0v) is 10.7. The van der Waals surface area contributed by atoms with Crippen LogP contribution in [0.5, 0.6) is 5.75 Å². The summed E-state index contributed by atoms with van der Waals surface area (Å²) in [4.78, 5) is 11.4. The average Bonchev–Trinajstić information content (AvgIpc) is 2.52. The molecule has 0 amide bonds. The predicted molar refractivity (Wildman–Crippen MR) is 65.5 cm³/mol. The molecule has 0 bridgehead atoms. The summed E-state index contributed by atoms with van der Waals surface area (Å²) in [5.74, 6) is -0.368. The maximum Gasteiger partial charge on any atom is 0.163 e. The molecule has 0 radical (unpaired) electrons. The lowest BCUT2D eigenvalue weighted by atomic mass is 10.1. The van der Waals surface area contributed by atoms with Gasteiger partial charge in [-0.05, 0) is 19.1 Å². The molecule has 1 aliphatic heterocycles. The van der Waals surface area contributed by atoms with Gasteiger partial charge in [-0.1, -0.05) is 12.1 Å². The van der Waals surface area contributed by atoms with Crippen molar-refractivity contribution in [2.45, 2.75) is 19.1 Å². The Morgan fingerprint density at radius 1 is 1.33 bits per heavy atom. The Kier molecular flexibility index (Phi) is 3.41. The topological polar surface area (TPSA) is 80.7 Å². The Hall–Kier alpha value is -1.40. The zero-order valence-electron chi connectivity index (χ0n) is 9.87. The van der Waals surface area contributed by atoms with Gasteiger partial charge in [-0.3, -0.25) is 4.79 Å². The molecular weight excluding hydrogens is 256 g/mol. The van der Waals surface area contributed by atoms with Crippen LogP contribution in [-0.4, -0.2) is 43.0 Å². The van der Waals surface area contributed by atoms with Crippen LogP contribution < -0.4 is 4.74 Å². The van der Waals surface area contributed by atoms with Gasteiger partial charge in [0.05, 0.1) is 17.1 Å². The minimum absolute atomic E-state index is 0.166. The van der Waals surface area contributed by atoms with E-state index in [1.54, 1.807) is 24.3 Å². The van der Waals surface area contributed by atoms with Gasteiger partial charge in [0.25, 0.3) is 0 Å². The number of sulfone groups is 1. The average molecular weight is 270 g/mol. The molecule has 1 aliphatic rings. The van der Waals surface area contributed by atoms with Crippen LogP contribution in [0, 0.1) is 0 Å². The Balaban J connectivity index is 2.23. The van der Waals surface area contributed by atoms with Crippen LogP contribution in [0.3, 0.4) is 0 Å². The number of ether oxygens (including phenoxy) is 1. The third-order valence-electron chi connectivity index (χ3n) is 2.82. The number of Topliss-reactive ketones (excluding diaryl/α,β-unsaturated/α-hetero) is 1. The van der Waals surface area contributed by atoms with E-state index in [-0.39, 0.29) is 17.3 Å². The number of carbonyl (C=O) groups is 1. The van der Waals surface area contributed by atoms with Gasteiger partial charge in [0, 0.05) is 0 Å². The summed E-state index contributed by atoms with van der Waals surface area (Å²) in [5.41, 5.74) is 0.383. The summed E-state index contributed by atoms with van der Waals surface area (Å²) in [7, 11) is -3.26. The van der Waals surface area contributed by atoms with Gasteiger partial charge < -0.3 is 9.84 Å². The number of para-hydroxylation sites is 1. The van der Waals surface area contributed by atoms with Crippen molar-refractivity contribution in [3.8, 4) is 5.75 Å². The zero-order chi connectivity index (χ0) is 13.3. The van der Waals surface area contributed by atoms with Crippen LogP contribution in [0.15, 0.2) is 24.3 Å². The third-order valence-corrected chi connectivity index (χ3v) is 4.50. The maximum absolute atomic E-state index is 11.4. The van der Waals surface area contributed by atoms with Crippen molar-refractivity contribution in [3.05, 3.63) is 29.8 Å². The molecule has 1 fully saturated rings. The number of hydrogen-bond acceptors (Lipinski definition) is 5. The van der Waals surface area contributed by atoms with Crippen LogP contribution in [0.1, 0.15) is 17.3 Å². The highest BCUT2D eigenvalue weighted by Gasteiger charge is 2.38. The molecule has 0 saturated carbocycles. The van der Waals surface area contributed by atoms with Crippen LogP contribution in [0.4, 0.5) is 0 Å². The fraction of sp³-hybridized carbons (Fsp3) is 0.417. The second-order valence-electron chi connectivity index (χ2n) is 4.35. The highest BCUT2D eigenvalue weighted by Crippen LogP contribution is 2.24. The number of carbonyl (C=O) groups excluding carboxylic acids is 1. The summed E-state index contributed by atoms with van der Waals surface area (Å²) in [6, 6.07) is 6.59. The van der Waals surface area contributed by atoms with E-state index in [4.69, 9.17) is 4.74 Å². The van der Waals surface area contributed by atoms with Crippen LogP contribution in [-0.2, 0) is 9.84 Å². The molecule has 1 N–H and O–H groups in total.